The van der Waals surface area contributed by atoms with Crippen LogP contribution in [0.25, 0.3) is 27.7 Å². The number of fused-ring (bicyclic) bond motifs is 1. The summed E-state index contributed by atoms with van der Waals surface area (Å²) in [6, 6.07) is 15.6. The fraction of sp³-hybridized carbons (Fsp3) is 0.281. The highest BCUT2D eigenvalue weighted by atomic mass is 19.1. The van der Waals surface area contributed by atoms with Crippen LogP contribution >= 0.6 is 0 Å². The lowest BCUT2D eigenvalue weighted by atomic mass is 9.86. The highest BCUT2D eigenvalue weighted by Crippen LogP contribution is 2.28. The van der Waals surface area contributed by atoms with Crippen LogP contribution in [0.5, 0.6) is 0 Å². The SMILES string of the molecule is COC1CN1Cc1ccc(Nc2cc(-c3cccc(-n4ncc5cc(C(C)(C)C)cc(F)c5c4=O)c3)nn(C)c2=O)nc1. The molecule has 0 radical (unpaired) electrons. The van der Waals surface area contributed by atoms with Crippen molar-refractivity contribution in [3.8, 4) is 16.9 Å². The molecule has 4 heterocycles. The van der Waals surface area contributed by atoms with Gasteiger partial charge in [-0.1, -0.05) is 39.0 Å². The van der Waals surface area contributed by atoms with Crippen LogP contribution < -0.4 is 16.4 Å². The minimum absolute atomic E-state index is 0.0218. The standard InChI is InChI=1S/C32H32FN7O3/c1-32(2,3)22-11-21-16-35-40(31(42)29(21)24(33)13-22)23-8-6-7-20(12-23)25-14-26(30(41)38(4)37-25)36-27-10-9-19(15-34-27)17-39-18-28(39)43-5/h6-16,28H,17-18H2,1-5H3,(H,34,36). The monoisotopic (exact) mass is 581 g/mol. The molecule has 6 rings (SSSR count). The number of anilines is 2. The van der Waals surface area contributed by atoms with Crippen molar-refractivity contribution in [1.82, 2.24) is 29.4 Å². The lowest BCUT2D eigenvalue weighted by Crippen LogP contribution is -2.23. The Morgan fingerprint density at radius 1 is 1.05 bits per heavy atom. The maximum atomic E-state index is 15.2. The number of aromatic nitrogens is 5. The van der Waals surface area contributed by atoms with E-state index in [0.29, 0.717) is 33.8 Å². The van der Waals surface area contributed by atoms with Crippen molar-refractivity contribution in [3.63, 3.8) is 0 Å². The average Bonchev–Trinajstić information content (AvgIpc) is 3.73. The van der Waals surface area contributed by atoms with Crippen molar-refractivity contribution >= 4 is 22.3 Å². The molecule has 2 aromatic carbocycles. The number of methoxy groups -OCH3 is 1. The summed E-state index contributed by atoms with van der Waals surface area (Å²) in [4.78, 5) is 33.0. The average molecular weight is 582 g/mol. The predicted molar refractivity (Wildman–Crippen MR) is 163 cm³/mol. The van der Waals surface area contributed by atoms with E-state index in [0.717, 1.165) is 24.2 Å². The predicted octanol–water partition coefficient (Wildman–Crippen LogP) is 4.51. The third kappa shape index (κ3) is 5.69. The number of pyridine rings is 1. The van der Waals surface area contributed by atoms with Crippen LogP contribution in [-0.4, -0.2) is 49.3 Å². The van der Waals surface area contributed by atoms with Gasteiger partial charge in [0.25, 0.3) is 11.1 Å². The summed E-state index contributed by atoms with van der Waals surface area (Å²) in [5.41, 5.74) is 2.52. The van der Waals surface area contributed by atoms with Gasteiger partial charge in [-0.15, -0.1) is 0 Å². The van der Waals surface area contributed by atoms with E-state index in [1.165, 1.54) is 21.6 Å². The van der Waals surface area contributed by atoms with Gasteiger partial charge in [-0.05, 0) is 52.9 Å². The quantitative estimate of drug-likeness (QED) is 0.280. The molecule has 1 saturated heterocycles. The van der Waals surface area contributed by atoms with Gasteiger partial charge in [-0.3, -0.25) is 14.5 Å². The second kappa shape index (κ2) is 10.8. The maximum Gasteiger partial charge on any atom is 0.290 e. The summed E-state index contributed by atoms with van der Waals surface area (Å²) in [6.07, 6.45) is 3.43. The van der Waals surface area contributed by atoms with Crippen molar-refractivity contribution in [2.45, 2.75) is 39.0 Å². The lowest BCUT2D eigenvalue weighted by Gasteiger charge is -2.20. The van der Waals surface area contributed by atoms with Crippen LogP contribution in [0.2, 0.25) is 0 Å². The number of aryl methyl sites for hydroxylation is 1. The zero-order valence-corrected chi connectivity index (χ0v) is 24.6. The summed E-state index contributed by atoms with van der Waals surface area (Å²) in [5, 5.41) is 12.3. The highest BCUT2D eigenvalue weighted by Gasteiger charge is 2.33. The van der Waals surface area contributed by atoms with Crippen LogP contribution in [0.4, 0.5) is 15.9 Å². The van der Waals surface area contributed by atoms with Crippen LogP contribution in [0.15, 0.2) is 76.6 Å². The molecule has 0 aliphatic carbocycles. The highest BCUT2D eigenvalue weighted by molar-refractivity contribution is 5.82. The zero-order chi connectivity index (χ0) is 30.5. The van der Waals surface area contributed by atoms with E-state index in [1.54, 1.807) is 50.7 Å². The molecule has 0 bridgehead atoms. The Morgan fingerprint density at radius 3 is 2.56 bits per heavy atom. The molecule has 5 aromatic rings. The van der Waals surface area contributed by atoms with Gasteiger partial charge in [0.15, 0.2) is 0 Å². The van der Waals surface area contributed by atoms with Crippen molar-refractivity contribution < 1.29 is 9.13 Å². The summed E-state index contributed by atoms with van der Waals surface area (Å²) < 4.78 is 22.9. The van der Waals surface area contributed by atoms with Gasteiger partial charge in [-0.2, -0.15) is 14.9 Å². The topological polar surface area (TPSA) is 107 Å². The molecular weight excluding hydrogens is 549 g/mol. The first-order chi connectivity index (χ1) is 20.5. The second-order valence-electron chi connectivity index (χ2n) is 11.8. The van der Waals surface area contributed by atoms with Gasteiger partial charge >= 0.3 is 0 Å². The molecular formula is C32H32FN7O3. The molecule has 2 unspecified atom stereocenters. The van der Waals surface area contributed by atoms with E-state index < -0.39 is 11.4 Å². The van der Waals surface area contributed by atoms with Gasteiger partial charge < -0.3 is 10.1 Å². The van der Waals surface area contributed by atoms with E-state index in [-0.39, 0.29) is 22.6 Å². The van der Waals surface area contributed by atoms with Crippen molar-refractivity contribution in [2.75, 3.05) is 19.0 Å². The van der Waals surface area contributed by atoms with Crippen LogP contribution in [0, 0.1) is 5.82 Å². The Hall–Kier alpha value is -4.74. The second-order valence-corrected chi connectivity index (χ2v) is 11.8. The largest absolute Gasteiger partial charge is 0.365 e. The Morgan fingerprint density at radius 2 is 1.86 bits per heavy atom. The van der Waals surface area contributed by atoms with E-state index in [4.69, 9.17) is 4.74 Å². The fourth-order valence-electron chi connectivity index (χ4n) is 4.99. The number of hydrogen-bond donors (Lipinski definition) is 1. The van der Waals surface area contributed by atoms with Crippen LogP contribution in [-0.2, 0) is 23.7 Å². The van der Waals surface area contributed by atoms with Gasteiger partial charge in [0.05, 0.1) is 23.0 Å². The number of halogens is 1. The van der Waals surface area contributed by atoms with Crippen LogP contribution in [0.1, 0.15) is 31.9 Å². The molecule has 0 saturated carbocycles. The number of rotatable bonds is 7. The molecule has 11 heteroatoms. The maximum absolute atomic E-state index is 15.2. The van der Waals surface area contributed by atoms with E-state index in [9.17, 15) is 9.59 Å². The van der Waals surface area contributed by atoms with Gasteiger partial charge in [0.2, 0.25) is 0 Å². The molecule has 1 aliphatic rings. The van der Waals surface area contributed by atoms with Gasteiger partial charge in [0, 0.05) is 44.4 Å². The van der Waals surface area contributed by atoms with Gasteiger partial charge in [-0.25, -0.2) is 14.1 Å². The molecule has 1 aliphatic heterocycles. The molecule has 220 valence electrons. The number of hydrogen-bond acceptors (Lipinski definition) is 8. The minimum atomic E-state index is -0.582. The Balaban J connectivity index is 1.30. The molecule has 1 N–H and O–H groups in total. The summed E-state index contributed by atoms with van der Waals surface area (Å²) in [7, 11) is 3.26. The molecule has 43 heavy (non-hydrogen) atoms. The molecule has 0 amide bonds. The van der Waals surface area contributed by atoms with Crippen molar-refractivity contribution in [1.29, 1.82) is 0 Å². The Kier molecular flexibility index (Phi) is 7.15. The first-order valence-electron chi connectivity index (χ1n) is 13.9. The van der Waals surface area contributed by atoms with E-state index in [2.05, 4.69) is 25.4 Å². The molecule has 2 atom stereocenters. The number of nitrogens with zero attached hydrogens (tertiary/aromatic N) is 6. The lowest BCUT2D eigenvalue weighted by molar-refractivity contribution is 0.134. The number of ether oxygens (including phenoxy) is 1. The Labute approximate surface area is 247 Å². The zero-order valence-electron chi connectivity index (χ0n) is 24.6. The summed E-state index contributed by atoms with van der Waals surface area (Å²) in [6.45, 7) is 7.60. The minimum Gasteiger partial charge on any atom is -0.365 e. The molecule has 0 spiro atoms. The van der Waals surface area contributed by atoms with E-state index in [1.807, 2.05) is 39.0 Å². The first kappa shape index (κ1) is 28.4. The Bertz CT molecular complexity index is 1960. The third-order valence-corrected chi connectivity index (χ3v) is 7.56. The molecule has 3 aromatic heterocycles. The molecule has 1 fully saturated rings. The van der Waals surface area contributed by atoms with Crippen LogP contribution in [0.3, 0.4) is 0 Å². The fourth-order valence-corrected chi connectivity index (χ4v) is 4.99. The third-order valence-electron chi connectivity index (χ3n) is 7.56. The summed E-state index contributed by atoms with van der Waals surface area (Å²) in [5.74, 6) is -0.0644. The van der Waals surface area contributed by atoms with Crippen molar-refractivity contribution in [3.05, 3.63) is 105 Å². The van der Waals surface area contributed by atoms with Gasteiger partial charge in [0.1, 0.15) is 23.6 Å². The first-order valence-corrected chi connectivity index (χ1v) is 13.9. The number of benzene rings is 2. The van der Waals surface area contributed by atoms with E-state index >= 15 is 4.39 Å². The summed E-state index contributed by atoms with van der Waals surface area (Å²) >= 11 is 0. The number of nitrogens with one attached hydrogen (secondary N) is 1. The molecule has 10 nitrogen and oxygen atoms in total. The normalized spacial score (nSPS) is 16.4. The van der Waals surface area contributed by atoms with Crippen molar-refractivity contribution in [2.24, 2.45) is 7.05 Å². The smallest absolute Gasteiger partial charge is 0.290 e.